The van der Waals surface area contributed by atoms with Crippen molar-refractivity contribution in [1.29, 1.82) is 0 Å². The van der Waals surface area contributed by atoms with E-state index < -0.39 is 18.0 Å². The van der Waals surface area contributed by atoms with E-state index in [9.17, 15) is 4.79 Å². The van der Waals surface area contributed by atoms with Crippen molar-refractivity contribution in [3.63, 3.8) is 0 Å². The number of amides is 1. The molecule has 37 heavy (non-hydrogen) atoms. The van der Waals surface area contributed by atoms with Crippen molar-refractivity contribution in [2.75, 3.05) is 31.7 Å². The normalized spacial score (nSPS) is 16.8. The van der Waals surface area contributed by atoms with Crippen LogP contribution in [0.1, 0.15) is 12.8 Å². The molecule has 3 aromatic rings. The molecule has 0 aliphatic carbocycles. The molecule has 2 unspecified atom stereocenters. The molecule has 1 saturated heterocycles. The highest BCUT2D eigenvalue weighted by Gasteiger charge is 2.33. The van der Waals surface area contributed by atoms with Gasteiger partial charge in [0.05, 0.1) is 18.3 Å². The Labute approximate surface area is 213 Å². The number of fused-ring (bicyclic) bond motifs is 1. The molecule has 1 fully saturated rings. The van der Waals surface area contributed by atoms with E-state index in [-0.39, 0.29) is 11.9 Å². The summed E-state index contributed by atoms with van der Waals surface area (Å²) in [5.41, 5.74) is 8.09. The first-order valence-electron chi connectivity index (χ1n) is 11.5. The van der Waals surface area contributed by atoms with E-state index in [4.69, 9.17) is 35.0 Å². The SMILES string of the molecule is COc1ccc2nccc(N3CCC(NCCOc4ccccc4)CC3C(N)=O)c2n1.O=C(O)C(=O)O. The number of methoxy groups -OCH3 is 1. The fraction of sp³-hybridized carbons (Fsp3) is 0.320. The number of benzene rings is 1. The van der Waals surface area contributed by atoms with E-state index in [0.29, 0.717) is 37.5 Å². The number of rotatable bonds is 8. The van der Waals surface area contributed by atoms with E-state index >= 15 is 0 Å². The van der Waals surface area contributed by atoms with Gasteiger partial charge in [-0.3, -0.25) is 9.78 Å². The highest BCUT2D eigenvalue weighted by Crippen LogP contribution is 2.31. The summed E-state index contributed by atoms with van der Waals surface area (Å²) in [6.07, 6.45) is 3.23. The third-order valence-electron chi connectivity index (χ3n) is 5.72. The second kappa shape index (κ2) is 13.0. The maximum absolute atomic E-state index is 12.3. The van der Waals surface area contributed by atoms with E-state index in [1.54, 1.807) is 19.4 Å². The number of primary amides is 1. The molecule has 4 rings (SSSR count). The van der Waals surface area contributed by atoms with Crippen molar-refractivity contribution < 1.29 is 34.1 Å². The van der Waals surface area contributed by atoms with E-state index in [0.717, 1.165) is 23.4 Å². The molecule has 196 valence electrons. The highest BCUT2D eigenvalue weighted by molar-refractivity contribution is 6.27. The lowest BCUT2D eigenvalue weighted by Gasteiger charge is -2.39. The van der Waals surface area contributed by atoms with Gasteiger partial charge >= 0.3 is 11.9 Å². The number of ether oxygens (including phenoxy) is 2. The number of hydrogen-bond acceptors (Lipinski definition) is 9. The summed E-state index contributed by atoms with van der Waals surface area (Å²) in [5.74, 6) is -2.64. The molecule has 1 aliphatic heterocycles. The topological polar surface area (TPSA) is 177 Å². The number of carbonyl (C=O) groups is 3. The number of pyridine rings is 2. The molecule has 12 heteroatoms. The Balaban J connectivity index is 0.000000568. The fourth-order valence-corrected chi connectivity index (χ4v) is 4.00. The largest absolute Gasteiger partial charge is 0.492 e. The number of hydrogen-bond donors (Lipinski definition) is 4. The summed E-state index contributed by atoms with van der Waals surface area (Å²) in [6.45, 7) is 1.94. The van der Waals surface area contributed by atoms with Crippen LogP contribution in [-0.4, -0.2) is 76.9 Å². The molecule has 12 nitrogen and oxygen atoms in total. The molecule has 1 aliphatic rings. The van der Waals surface area contributed by atoms with Crippen molar-refractivity contribution in [2.24, 2.45) is 5.73 Å². The summed E-state index contributed by atoms with van der Waals surface area (Å²) in [6, 6.07) is 15.0. The third-order valence-corrected chi connectivity index (χ3v) is 5.72. The number of piperidine rings is 1. The van der Waals surface area contributed by atoms with Gasteiger partial charge in [-0.15, -0.1) is 0 Å². The molecular weight excluding hydrogens is 482 g/mol. The number of para-hydroxylation sites is 1. The Kier molecular flexibility index (Phi) is 9.55. The smallest absolute Gasteiger partial charge is 0.414 e. The Bertz CT molecular complexity index is 1210. The minimum atomic E-state index is -1.82. The van der Waals surface area contributed by atoms with Gasteiger partial charge in [-0.2, -0.15) is 0 Å². The standard InChI is InChI=1S/C23H27N5O3.C2H2O4/c1-30-21-8-7-18-22(27-21)19(9-11-26-18)28-13-10-16(15-20(28)23(24)29)25-12-14-31-17-5-3-2-4-6-17;3-1(4)2(5)6/h2-9,11,16,20,25H,10,12-15H2,1H3,(H2,24,29);(H,3,4)(H,5,6). The number of anilines is 1. The molecule has 0 spiro atoms. The number of aromatic nitrogens is 2. The van der Waals surface area contributed by atoms with Crippen molar-refractivity contribution in [3.05, 3.63) is 54.7 Å². The Morgan fingerprint density at radius 2 is 1.84 bits per heavy atom. The van der Waals surface area contributed by atoms with Crippen LogP contribution in [0.2, 0.25) is 0 Å². The van der Waals surface area contributed by atoms with Crippen LogP contribution >= 0.6 is 0 Å². The molecule has 0 bridgehead atoms. The summed E-state index contributed by atoms with van der Waals surface area (Å²) in [5, 5.41) is 18.3. The van der Waals surface area contributed by atoms with Crippen molar-refractivity contribution >= 4 is 34.6 Å². The van der Waals surface area contributed by atoms with E-state index in [2.05, 4.69) is 15.3 Å². The third kappa shape index (κ3) is 7.51. The van der Waals surface area contributed by atoms with Crippen molar-refractivity contribution in [2.45, 2.75) is 24.9 Å². The minimum Gasteiger partial charge on any atom is -0.492 e. The number of nitrogens with two attached hydrogens (primary N) is 1. The monoisotopic (exact) mass is 511 g/mol. The van der Waals surface area contributed by atoms with Crippen LogP contribution in [0, 0.1) is 0 Å². The Hall–Kier alpha value is -4.45. The van der Waals surface area contributed by atoms with Gasteiger partial charge in [0.1, 0.15) is 23.9 Å². The van der Waals surface area contributed by atoms with E-state index in [1.807, 2.05) is 47.4 Å². The first-order chi connectivity index (χ1) is 17.8. The Morgan fingerprint density at radius 1 is 1.11 bits per heavy atom. The van der Waals surface area contributed by atoms with Gasteiger partial charge in [-0.25, -0.2) is 14.6 Å². The molecule has 1 aromatic carbocycles. The first kappa shape index (κ1) is 27.1. The zero-order valence-corrected chi connectivity index (χ0v) is 20.2. The van der Waals surface area contributed by atoms with Gasteiger partial charge in [0.25, 0.3) is 0 Å². The predicted octanol–water partition coefficient (Wildman–Crippen LogP) is 1.29. The van der Waals surface area contributed by atoms with Gasteiger partial charge in [0.2, 0.25) is 11.8 Å². The van der Waals surface area contributed by atoms with Gasteiger partial charge in [-0.1, -0.05) is 18.2 Å². The molecule has 1 amide bonds. The average Bonchev–Trinajstić information content (AvgIpc) is 2.91. The maximum Gasteiger partial charge on any atom is 0.414 e. The predicted molar refractivity (Wildman–Crippen MR) is 135 cm³/mol. The maximum atomic E-state index is 12.3. The molecule has 0 saturated carbocycles. The summed E-state index contributed by atoms with van der Waals surface area (Å²) < 4.78 is 11.0. The van der Waals surface area contributed by atoms with Gasteiger partial charge in [0, 0.05) is 31.4 Å². The van der Waals surface area contributed by atoms with Crippen LogP contribution < -0.4 is 25.4 Å². The van der Waals surface area contributed by atoms with Gasteiger partial charge in [0.15, 0.2) is 0 Å². The number of carboxylic acids is 2. The van der Waals surface area contributed by atoms with E-state index in [1.165, 1.54) is 0 Å². The highest BCUT2D eigenvalue weighted by atomic mass is 16.5. The van der Waals surface area contributed by atoms with Crippen molar-refractivity contribution in [1.82, 2.24) is 15.3 Å². The lowest BCUT2D eigenvalue weighted by atomic mass is 9.95. The van der Waals surface area contributed by atoms with Crippen LogP contribution in [0.3, 0.4) is 0 Å². The zero-order valence-electron chi connectivity index (χ0n) is 20.2. The molecule has 2 aromatic heterocycles. The lowest BCUT2D eigenvalue weighted by molar-refractivity contribution is -0.159. The van der Waals surface area contributed by atoms with Crippen LogP contribution in [0.5, 0.6) is 11.6 Å². The van der Waals surface area contributed by atoms with Crippen LogP contribution in [0.4, 0.5) is 5.69 Å². The molecule has 3 heterocycles. The average molecular weight is 512 g/mol. The van der Waals surface area contributed by atoms with Crippen LogP contribution in [0.15, 0.2) is 54.7 Å². The van der Waals surface area contributed by atoms with Gasteiger partial charge in [-0.05, 0) is 37.1 Å². The second-order valence-electron chi connectivity index (χ2n) is 8.11. The van der Waals surface area contributed by atoms with Crippen LogP contribution in [0.25, 0.3) is 11.0 Å². The molecule has 0 radical (unpaired) electrons. The second-order valence-corrected chi connectivity index (χ2v) is 8.11. The number of nitrogens with zero attached hydrogens (tertiary/aromatic N) is 3. The number of carboxylic acid groups (broad SMARTS) is 2. The zero-order chi connectivity index (χ0) is 26.8. The van der Waals surface area contributed by atoms with Crippen molar-refractivity contribution in [3.8, 4) is 11.6 Å². The number of nitrogens with one attached hydrogen (secondary N) is 1. The first-order valence-corrected chi connectivity index (χ1v) is 11.5. The Morgan fingerprint density at radius 3 is 2.49 bits per heavy atom. The number of carbonyl (C=O) groups excluding carboxylic acids is 1. The van der Waals surface area contributed by atoms with Gasteiger partial charge < -0.3 is 35.6 Å². The molecule has 2 atom stereocenters. The summed E-state index contributed by atoms with van der Waals surface area (Å²) in [7, 11) is 1.58. The fourth-order valence-electron chi connectivity index (χ4n) is 4.00. The minimum absolute atomic E-state index is 0.184. The summed E-state index contributed by atoms with van der Waals surface area (Å²) >= 11 is 0. The molecular formula is C25H29N5O7. The molecule has 5 N–H and O–H groups in total. The van der Waals surface area contributed by atoms with Crippen LogP contribution in [-0.2, 0) is 14.4 Å². The number of aliphatic carboxylic acids is 2. The lowest BCUT2D eigenvalue weighted by Crippen LogP contribution is -2.54. The summed E-state index contributed by atoms with van der Waals surface area (Å²) in [4.78, 5) is 41.5. The quantitative estimate of drug-likeness (QED) is 0.253.